The molecule has 0 radical (unpaired) electrons. The number of rotatable bonds is 4. The van der Waals surface area contributed by atoms with E-state index in [1.54, 1.807) is 25.3 Å². The molecule has 2 N–H and O–H groups in total. The molecule has 0 saturated heterocycles. The fraction of sp³-hybridized carbons (Fsp3) is 0.133. The molecule has 130 valence electrons. The van der Waals surface area contributed by atoms with Crippen molar-refractivity contribution in [3.05, 3.63) is 63.9 Å². The lowest BCUT2D eigenvalue weighted by Crippen LogP contribution is -2.17. The van der Waals surface area contributed by atoms with Gasteiger partial charge in [0.1, 0.15) is 12.3 Å². The summed E-state index contributed by atoms with van der Waals surface area (Å²) in [4.78, 5) is 28.3. The summed E-state index contributed by atoms with van der Waals surface area (Å²) in [5, 5.41) is 4.35. The summed E-state index contributed by atoms with van der Waals surface area (Å²) >= 11 is 0. The molecular weight excluding hydrogens is 350 g/mol. The predicted octanol–water partition coefficient (Wildman–Crippen LogP) is 0.600. The Morgan fingerprint density at radius 3 is 2.80 bits per heavy atom. The molecule has 0 unspecified atom stereocenters. The van der Waals surface area contributed by atoms with Crippen LogP contribution in [-0.2, 0) is 21.4 Å². The summed E-state index contributed by atoms with van der Waals surface area (Å²) in [6.07, 6.45) is 1.59. The second-order valence-electron chi connectivity index (χ2n) is 5.21. The number of esters is 1. The number of aromatic nitrogens is 2. The van der Waals surface area contributed by atoms with Crippen LogP contribution in [0.2, 0.25) is 0 Å². The van der Waals surface area contributed by atoms with Crippen LogP contribution in [0.3, 0.4) is 0 Å². The van der Waals surface area contributed by atoms with Gasteiger partial charge in [-0.25, -0.2) is 23.3 Å². The van der Waals surface area contributed by atoms with Crippen LogP contribution in [0.15, 0.2) is 50.8 Å². The Labute approximate surface area is 141 Å². The smallest absolute Gasteiger partial charge is 0.374 e. The van der Waals surface area contributed by atoms with Gasteiger partial charge in [0.2, 0.25) is 10.9 Å². The quantitative estimate of drug-likeness (QED) is 0.671. The number of primary sulfonamides is 1. The van der Waals surface area contributed by atoms with Crippen LogP contribution in [-0.4, -0.2) is 23.8 Å². The van der Waals surface area contributed by atoms with Crippen molar-refractivity contribution in [1.29, 1.82) is 0 Å². The summed E-state index contributed by atoms with van der Waals surface area (Å²) in [5.74, 6) is -1.22. The van der Waals surface area contributed by atoms with Gasteiger partial charge in [-0.1, -0.05) is 6.07 Å². The molecule has 10 heteroatoms. The van der Waals surface area contributed by atoms with E-state index < -0.39 is 21.1 Å². The number of carbonyl (C=O) groups excluding carboxylic acids is 1. The molecule has 9 nitrogen and oxygen atoms in total. The van der Waals surface area contributed by atoms with Crippen molar-refractivity contribution >= 4 is 21.6 Å². The Hall–Kier alpha value is -2.98. The average Bonchev–Trinajstić information content (AvgIpc) is 3.04. The highest BCUT2D eigenvalue weighted by Crippen LogP contribution is 2.14. The van der Waals surface area contributed by atoms with E-state index in [2.05, 4.69) is 4.98 Å². The molecule has 0 aliphatic rings. The minimum absolute atomic E-state index is 0.255. The Bertz CT molecular complexity index is 1130. The number of sulfonamides is 1. The van der Waals surface area contributed by atoms with Gasteiger partial charge in [0.25, 0.3) is 15.6 Å². The first-order valence-corrected chi connectivity index (χ1v) is 8.58. The van der Waals surface area contributed by atoms with E-state index in [0.29, 0.717) is 5.65 Å². The van der Waals surface area contributed by atoms with Gasteiger partial charge in [-0.15, -0.1) is 0 Å². The number of hydrogen-bond acceptors (Lipinski definition) is 7. The summed E-state index contributed by atoms with van der Waals surface area (Å²) in [6.45, 7) is 1.53. The monoisotopic (exact) mass is 363 g/mol. The maximum Gasteiger partial charge on any atom is 0.374 e. The number of pyridine rings is 1. The van der Waals surface area contributed by atoms with Gasteiger partial charge in [0.15, 0.2) is 0 Å². The van der Waals surface area contributed by atoms with E-state index in [9.17, 15) is 18.0 Å². The zero-order valence-corrected chi connectivity index (χ0v) is 13.8. The third kappa shape index (κ3) is 3.44. The van der Waals surface area contributed by atoms with Crippen molar-refractivity contribution in [2.24, 2.45) is 5.14 Å². The number of furan rings is 1. The zero-order chi connectivity index (χ0) is 18.2. The Morgan fingerprint density at radius 2 is 2.12 bits per heavy atom. The molecule has 3 rings (SSSR count). The molecule has 3 heterocycles. The maximum atomic E-state index is 12.1. The number of nitrogens with two attached hydrogens (primary N) is 1. The lowest BCUT2D eigenvalue weighted by atomic mass is 10.3. The normalized spacial score (nSPS) is 11.6. The number of aryl methyl sites for hydroxylation is 1. The number of carbonyl (C=O) groups is 1. The Balaban J connectivity index is 1.81. The van der Waals surface area contributed by atoms with Crippen LogP contribution in [0, 0.1) is 6.92 Å². The molecule has 0 spiro atoms. The zero-order valence-electron chi connectivity index (χ0n) is 13.0. The summed E-state index contributed by atoms with van der Waals surface area (Å²) in [7, 11) is -4.05. The predicted molar refractivity (Wildman–Crippen MR) is 85.4 cm³/mol. The molecule has 0 aliphatic heterocycles. The first-order valence-electron chi connectivity index (χ1n) is 7.03. The molecule has 0 bridgehead atoms. The van der Waals surface area contributed by atoms with Crippen LogP contribution in [0.25, 0.3) is 5.65 Å². The molecule has 0 aromatic carbocycles. The third-order valence-corrected chi connectivity index (χ3v) is 4.13. The van der Waals surface area contributed by atoms with Crippen LogP contribution < -0.4 is 10.7 Å². The standard InChI is InChI=1S/C15H13N3O6S/c1-9-3-2-6-18-12(19)7-10(17-14(9)18)8-23-15(20)11-4-5-13(24-11)25(16,21)22/h2-7H,8H2,1H3,(H2,16,21,22). The van der Waals surface area contributed by atoms with Gasteiger partial charge in [-0.2, -0.15) is 0 Å². The molecule has 25 heavy (non-hydrogen) atoms. The summed E-state index contributed by atoms with van der Waals surface area (Å²) in [5.41, 5.74) is 1.19. The largest absolute Gasteiger partial charge is 0.453 e. The molecular formula is C15H13N3O6S. The Kier molecular flexibility index (Phi) is 4.15. The molecule has 0 amide bonds. The maximum absolute atomic E-state index is 12.1. The van der Waals surface area contributed by atoms with Gasteiger partial charge >= 0.3 is 5.97 Å². The van der Waals surface area contributed by atoms with E-state index in [0.717, 1.165) is 17.7 Å². The van der Waals surface area contributed by atoms with Crippen LogP contribution >= 0.6 is 0 Å². The van der Waals surface area contributed by atoms with Crippen molar-refractivity contribution in [2.75, 3.05) is 0 Å². The number of nitrogens with zero attached hydrogens (tertiary/aromatic N) is 2. The summed E-state index contributed by atoms with van der Waals surface area (Å²) < 4.78 is 33.5. The van der Waals surface area contributed by atoms with E-state index in [1.807, 2.05) is 0 Å². The van der Waals surface area contributed by atoms with Crippen molar-refractivity contribution in [2.45, 2.75) is 18.6 Å². The van der Waals surface area contributed by atoms with E-state index >= 15 is 0 Å². The highest BCUT2D eigenvalue weighted by atomic mass is 32.2. The fourth-order valence-corrected chi connectivity index (χ4v) is 2.64. The van der Waals surface area contributed by atoms with Crippen LogP contribution in [0.4, 0.5) is 0 Å². The number of fused-ring (bicyclic) bond motifs is 1. The second kappa shape index (κ2) is 6.15. The first kappa shape index (κ1) is 16.9. The van der Waals surface area contributed by atoms with Gasteiger partial charge < -0.3 is 9.15 Å². The van der Waals surface area contributed by atoms with E-state index in [-0.39, 0.29) is 23.6 Å². The third-order valence-electron chi connectivity index (χ3n) is 3.35. The SMILES string of the molecule is Cc1cccn2c(=O)cc(COC(=O)c3ccc(S(N)(=O)=O)o3)nc12. The van der Waals surface area contributed by atoms with E-state index in [4.69, 9.17) is 14.3 Å². The van der Waals surface area contributed by atoms with E-state index in [1.165, 1.54) is 10.5 Å². The summed E-state index contributed by atoms with van der Waals surface area (Å²) in [6, 6.07) is 6.96. The lowest BCUT2D eigenvalue weighted by Gasteiger charge is -2.06. The average molecular weight is 363 g/mol. The van der Waals surface area contributed by atoms with Crippen LogP contribution in [0.1, 0.15) is 21.8 Å². The second-order valence-corrected chi connectivity index (χ2v) is 6.70. The molecule has 0 atom stereocenters. The Morgan fingerprint density at radius 1 is 1.36 bits per heavy atom. The fourth-order valence-electron chi connectivity index (χ4n) is 2.18. The van der Waals surface area contributed by atoms with Crippen molar-refractivity contribution < 1.29 is 22.4 Å². The molecule has 0 aliphatic carbocycles. The van der Waals surface area contributed by atoms with Gasteiger partial charge in [-0.05, 0) is 30.7 Å². The first-order chi connectivity index (χ1) is 11.8. The number of ether oxygens (including phenoxy) is 1. The molecule has 0 fully saturated rings. The number of hydrogen-bond donors (Lipinski definition) is 1. The van der Waals surface area contributed by atoms with Crippen molar-refractivity contribution in [3.8, 4) is 0 Å². The minimum atomic E-state index is -4.05. The van der Waals surface area contributed by atoms with Gasteiger partial charge in [0, 0.05) is 12.3 Å². The molecule has 3 aromatic rings. The lowest BCUT2D eigenvalue weighted by molar-refractivity contribution is 0.0425. The van der Waals surface area contributed by atoms with Gasteiger partial charge in [0.05, 0.1) is 5.69 Å². The molecule has 0 saturated carbocycles. The van der Waals surface area contributed by atoms with Crippen molar-refractivity contribution in [3.63, 3.8) is 0 Å². The van der Waals surface area contributed by atoms with Crippen molar-refractivity contribution in [1.82, 2.24) is 9.38 Å². The topological polar surface area (TPSA) is 134 Å². The highest BCUT2D eigenvalue weighted by molar-refractivity contribution is 7.89. The van der Waals surface area contributed by atoms with Gasteiger partial charge in [-0.3, -0.25) is 9.20 Å². The highest BCUT2D eigenvalue weighted by Gasteiger charge is 2.19. The van der Waals surface area contributed by atoms with Crippen LogP contribution in [0.5, 0.6) is 0 Å². The minimum Gasteiger partial charge on any atom is -0.453 e. The molecule has 3 aromatic heterocycles.